The van der Waals surface area contributed by atoms with Crippen molar-refractivity contribution in [3.05, 3.63) is 10.6 Å². The van der Waals surface area contributed by atoms with Crippen molar-refractivity contribution >= 4 is 22.4 Å². The average molecular weight is 201 g/mol. The summed E-state index contributed by atoms with van der Waals surface area (Å²) < 4.78 is 0. The second kappa shape index (κ2) is 5.53. The first-order chi connectivity index (χ1) is 6.15. The third kappa shape index (κ3) is 3.02. The third-order valence-corrected chi connectivity index (χ3v) is 2.23. The maximum absolute atomic E-state index is 11.1. The molecule has 0 unspecified atom stereocenters. The summed E-state index contributed by atoms with van der Waals surface area (Å²) in [5.74, 6) is -0.128. The van der Waals surface area contributed by atoms with Crippen LogP contribution in [0.5, 0.6) is 0 Å². The molecule has 1 aromatic heterocycles. The number of aromatic nitrogens is 1. The number of thiazole rings is 1. The van der Waals surface area contributed by atoms with E-state index in [-0.39, 0.29) is 5.91 Å². The molecule has 3 N–H and O–H groups in total. The molecule has 0 aliphatic heterocycles. The summed E-state index contributed by atoms with van der Waals surface area (Å²) in [5, 5.41) is 2.94. The van der Waals surface area contributed by atoms with Crippen LogP contribution in [-0.4, -0.2) is 17.9 Å². The van der Waals surface area contributed by atoms with Crippen LogP contribution < -0.4 is 11.1 Å². The van der Waals surface area contributed by atoms with Crippen LogP contribution in [0.3, 0.4) is 0 Å². The number of amides is 1. The molecule has 0 aliphatic carbocycles. The fourth-order valence-electron chi connectivity index (χ4n) is 0.741. The Morgan fingerprint density at radius 2 is 2.08 bits per heavy atom. The van der Waals surface area contributed by atoms with Crippen LogP contribution in [0.1, 0.15) is 29.2 Å². The number of aryl methyl sites for hydroxylation is 1. The van der Waals surface area contributed by atoms with E-state index >= 15 is 0 Å². The molecule has 1 amide bonds. The fourth-order valence-corrected chi connectivity index (χ4v) is 1.52. The Kier molecular flexibility index (Phi) is 5.06. The van der Waals surface area contributed by atoms with Gasteiger partial charge in [0.05, 0.1) is 5.69 Å². The molecule has 1 aromatic rings. The number of nitrogen functional groups attached to an aromatic ring is 1. The number of nitrogens with two attached hydrogens (primary N) is 1. The van der Waals surface area contributed by atoms with Crippen molar-refractivity contribution in [3.8, 4) is 0 Å². The number of hydrogen-bond donors (Lipinski definition) is 2. The number of carbonyl (C=O) groups is 1. The average Bonchev–Trinajstić information content (AvgIpc) is 2.47. The maximum atomic E-state index is 11.1. The van der Waals surface area contributed by atoms with Gasteiger partial charge >= 0.3 is 0 Å². The van der Waals surface area contributed by atoms with Crippen molar-refractivity contribution in [2.45, 2.75) is 20.8 Å². The van der Waals surface area contributed by atoms with Crippen LogP contribution >= 0.6 is 11.3 Å². The Hall–Kier alpha value is -1.10. The Bertz CT molecular complexity index is 283. The largest absolute Gasteiger partial charge is 0.375 e. The van der Waals surface area contributed by atoms with Crippen LogP contribution in [0, 0.1) is 6.92 Å². The minimum absolute atomic E-state index is 0.128. The number of anilines is 1. The second-order valence-electron chi connectivity index (χ2n) is 2.05. The summed E-state index contributed by atoms with van der Waals surface area (Å²) in [5.41, 5.74) is 6.09. The molecule has 5 heteroatoms. The number of nitrogens with zero attached hydrogens (tertiary/aromatic N) is 1. The summed E-state index contributed by atoms with van der Waals surface area (Å²) in [6.07, 6.45) is 0. The first-order valence-electron chi connectivity index (χ1n) is 4.10. The van der Waals surface area contributed by atoms with Gasteiger partial charge < -0.3 is 11.1 Å². The van der Waals surface area contributed by atoms with Crippen molar-refractivity contribution in [1.82, 2.24) is 10.3 Å². The van der Waals surface area contributed by atoms with Gasteiger partial charge in [-0.15, -0.1) is 0 Å². The third-order valence-electron chi connectivity index (χ3n) is 1.25. The predicted molar refractivity (Wildman–Crippen MR) is 56.0 cm³/mol. The zero-order valence-electron chi connectivity index (χ0n) is 8.34. The zero-order valence-corrected chi connectivity index (χ0v) is 9.16. The molecule has 1 heterocycles. The quantitative estimate of drug-likeness (QED) is 0.722. The molecule has 1 rings (SSSR count). The number of carbonyl (C=O) groups excluding carboxylic acids is 1. The van der Waals surface area contributed by atoms with Crippen LogP contribution in [0.4, 0.5) is 5.13 Å². The topological polar surface area (TPSA) is 68.0 Å². The van der Waals surface area contributed by atoms with Gasteiger partial charge in [0.25, 0.3) is 5.91 Å². The normalized spacial score (nSPS) is 8.62. The van der Waals surface area contributed by atoms with Gasteiger partial charge in [-0.1, -0.05) is 25.2 Å². The Morgan fingerprint density at radius 1 is 1.54 bits per heavy atom. The van der Waals surface area contributed by atoms with E-state index < -0.39 is 0 Å². The molecule has 0 fully saturated rings. The molecule has 13 heavy (non-hydrogen) atoms. The van der Waals surface area contributed by atoms with Gasteiger partial charge in [0.1, 0.15) is 4.88 Å². The Morgan fingerprint density at radius 3 is 2.38 bits per heavy atom. The van der Waals surface area contributed by atoms with Gasteiger partial charge in [0.15, 0.2) is 5.13 Å². The Balaban J connectivity index is 0.000000671. The van der Waals surface area contributed by atoms with Crippen molar-refractivity contribution in [2.75, 3.05) is 12.8 Å². The van der Waals surface area contributed by atoms with Crippen LogP contribution in [0.25, 0.3) is 0 Å². The summed E-state index contributed by atoms with van der Waals surface area (Å²) in [7, 11) is 1.58. The van der Waals surface area contributed by atoms with E-state index in [2.05, 4.69) is 10.3 Å². The summed E-state index contributed by atoms with van der Waals surface area (Å²) in [6.45, 7) is 5.76. The first-order valence-corrected chi connectivity index (χ1v) is 4.91. The van der Waals surface area contributed by atoms with Gasteiger partial charge in [0, 0.05) is 7.05 Å². The van der Waals surface area contributed by atoms with Crippen molar-refractivity contribution < 1.29 is 4.79 Å². The molecule has 0 atom stereocenters. The Labute approximate surface area is 82.2 Å². The van der Waals surface area contributed by atoms with Gasteiger partial charge in [-0.25, -0.2) is 4.98 Å². The van der Waals surface area contributed by atoms with Crippen molar-refractivity contribution in [2.24, 2.45) is 0 Å². The van der Waals surface area contributed by atoms with E-state index in [9.17, 15) is 4.79 Å². The highest BCUT2D eigenvalue weighted by molar-refractivity contribution is 7.17. The lowest BCUT2D eigenvalue weighted by Crippen LogP contribution is -2.17. The van der Waals surface area contributed by atoms with Crippen LogP contribution in [0.2, 0.25) is 0 Å². The molecule has 0 saturated carbocycles. The molecule has 0 radical (unpaired) electrons. The summed E-state index contributed by atoms with van der Waals surface area (Å²) in [6, 6.07) is 0. The maximum Gasteiger partial charge on any atom is 0.263 e. The smallest absolute Gasteiger partial charge is 0.263 e. The van der Waals surface area contributed by atoms with Crippen LogP contribution in [-0.2, 0) is 0 Å². The number of rotatable bonds is 1. The van der Waals surface area contributed by atoms with E-state index in [1.807, 2.05) is 13.8 Å². The van der Waals surface area contributed by atoms with Gasteiger partial charge in [0.2, 0.25) is 0 Å². The number of nitrogens with one attached hydrogen (secondary N) is 1. The van der Waals surface area contributed by atoms with Gasteiger partial charge in [-0.2, -0.15) is 0 Å². The number of hydrogen-bond acceptors (Lipinski definition) is 4. The molecular formula is C8H15N3OS. The molecule has 0 saturated heterocycles. The SMILES string of the molecule is CC.CNC(=O)c1sc(N)nc1C. The first kappa shape index (κ1) is 11.9. The van der Waals surface area contributed by atoms with Crippen molar-refractivity contribution in [3.63, 3.8) is 0 Å². The molecule has 0 bridgehead atoms. The predicted octanol–water partition coefficient (Wildman–Crippen LogP) is 1.42. The monoisotopic (exact) mass is 201 g/mol. The van der Waals surface area contributed by atoms with Crippen LogP contribution in [0.15, 0.2) is 0 Å². The molecule has 0 spiro atoms. The van der Waals surface area contributed by atoms with Gasteiger partial charge in [-0.05, 0) is 6.92 Å². The highest BCUT2D eigenvalue weighted by Crippen LogP contribution is 2.18. The lowest BCUT2D eigenvalue weighted by Gasteiger charge is -1.93. The lowest BCUT2D eigenvalue weighted by atomic mass is 10.4. The lowest BCUT2D eigenvalue weighted by molar-refractivity contribution is 0.0966. The van der Waals surface area contributed by atoms with E-state index in [0.717, 1.165) is 0 Å². The van der Waals surface area contributed by atoms with Crippen molar-refractivity contribution in [1.29, 1.82) is 0 Å². The second-order valence-corrected chi connectivity index (χ2v) is 3.08. The molecule has 0 aromatic carbocycles. The molecular weight excluding hydrogens is 186 g/mol. The molecule has 74 valence electrons. The van der Waals surface area contributed by atoms with E-state index in [1.165, 1.54) is 11.3 Å². The van der Waals surface area contributed by atoms with E-state index in [4.69, 9.17) is 5.73 Å². The highest BCUT2D eigenvalue weighted by Gasteiger charge is 2.11. The minimum atomic E-state index is -0.128. The molecule has 0 aliphatic rings. The van der Waals surface area contributed by atoms with E-state index in [0.29, 0.717) is 15.7 Å². The standard InChI is InChI=1S/C6H9N3OS.C2H6/c1-3-4(5(10)8-2)11-6(7)9-3;1-2/h1-2H3,(H2,7,9)(H,8,10);1-2H3. The van der Waals surface area contributed by atoms with E-state index in [1.54, 1.807) is 14.0 Å². The minimum Gasteiger partial charge on any atom is -0.375 e. The summed E-state index contributed by atoms with van der Waals surface area (Å²) >= 11 is 1.20. The highest BCUT2D eigenvalue weighted by atomic mass is 32.1. The summed E-state index contributed by atoms with van der Waals surface area (Å²) in [4.78, 5) is 15.6. The fraction of sp³-hybridized carbons (Fsp3) is 0.500. The molecule has 4 nitrogen and oxygen atoms in total. The van der Waals surface area contributed by atoms with Gasteiger partial charge in [-0.3, -0.25) is 4.79 Å². The zero-order chi connectivity index (χ0) is 10.4.